The fraction of sp³-hybridized carbons (Fsp3) is 0.588. The van der Waals surface area contributed by atoms with Gasteiger partial charge in [0.2, 0.25) is 15.9 Å². The highest BCUT2D eigenvalue weighted by Crippen LogP contribution is 2.18. The van der Waals surface area contributed by atoms with Crippen LogP contribution in [-0.2, 0) is 21.2 Å². The lowest BCUT2D eigenvalue weighted by atomic mass is 10.1. The number of rotatable bonds is 8. The minimum atomic E-state index is -3.42. The second-order valence-electron chi connectivity index (χ2n) is 6.09. The first kappa shape index (κ1) is 17.9. The smallest absolute Gasteiger partial charge is 0.240 e. The van der Waals surface area contributed by atoms with Gasteiger partial charge in [0.05, 0.1) is 4.90 Å². The number of carbonyl (C=O) groups is 1. The predicted molar refractivity (Wildman–Crippen MR) is 90.6 cm³/mol. The molecule has 1 amide bonds. The molecule has 0 radical (unpaired) electrons. The van der Waals surface area contributed by atoms with Gasteiger partial charge in [-0.1, -0.05) is 31.9 Å². The summed E-state index contributed by atoms with van der Waals surface area (Å²) in [7, 11) is -3.42. The van der Waals surface area contributed by atoms with E-state index in [1.54, 1.807) is 24.3 Å². The van der Waals surface area contributed by atoms with Crippen molar-refractivity contribution in [1.29, 1.82) is 0 Å². The van der Waals surface area contributed by atoms with Gasteiger partial charge < -0.3 is 5.32 Å². The molecule has 1 saturated carbocycles. The molecule has 1 aliphatic carbocycles. The van der Waals surface area contributed by atoms with Gasteiger partial charge >= 0.3 is 0 Å². The van der Waals surface area contributed by atoms with Crippen molar-refractivity contribution in [2.45, 2.75) is 62.8 Å². The molecule has 1 fully saturated rings. The fourth-order valence-corrected chi connectivity index (χ4v) is 3.92. The van der Waals surface area contributed by atoms with Gasteiger partial charge in [0, 0.05) is 19.0 Å². The van der Waals surface area contributed by atoms with Crippen molar-refractivity contribution in [3.8, 4) is 0 Å². The molecule has 2 rings (SSSR count). The number of carbonyl (C=O) groups excluding carboxylic acids is 1. The largest absolute Gasteiger partial charge is 0.353 e. The third-order valence-electron chi connectivity index (χ3n) is 4.14. The minimum Gasteiger partial charge on any atom is -0.353 e. The van der Waals surface area contributed by atoms with Crippen LogP contribution in [0, 0.1) is 0 Å². The van der Waals surface area contributed by atoms with Gasteiger partial charge in [0.15, 0.2) is 0 Å². The van der Waals surface area contributed by atoms with Gasteiger partial charge in [-0.2, -0.15) is 0 Å². The molecule has 23 heavy (non-hydrogen) atoms. The number of hydrogen-bond donors (Lipinski definition) is 2. The van der Waals surface area contributed by atoms with Crippen molar-refractivity contribution < 1.29 is 13.2 Å². The normalized spacial score (nSPS) is 15.7. The monoisotopic (exact) mass is 338 g/mol. The van der Waals surface area contributed by atoms with E-state index < -0.39 is 10.0 Å². The summed E-state index contributed by atoms with van der Waals surface area (Å²) in [4.78, 5) is 12.2. The fourth-order valence-electron chi connectivity index (χ4n) is 2.78. The Morgan fingerprint density at radius 1 is 1.17 bits per heavy atom. The summed E-state index contributed by atoms with van der Waals surface area (Å²) in [6.07, 6.45) is 6.40. The lowest BCUT2D eigenvalue weighted by molar-refractivity contribution is -0.121. The average molecular weight is 338 g/mol. The van der Waals surface area contributed by atoms with Crippen LogP contribution in [0.2, 0.25) is 0 Å². The lowest BCUT2D eigenvalue weighted by Gasteiger charge is -2.12. The van der Waals surface area contributed by atoms with Crippen molar-refractivity contribution in [3.63, 3.8) is 0 Å². The SMILES string of the molecule is CCCNS(=O)(=O)c1ccc(CCC(=O)NC2CCCC2)cc1. The predicted octanol–water partition coefficient (Wildman–Crippen LogP) is 2.37. The molecule has 2 N–H and O–H groups in total. The van der Waals surface area contributed by atoms with Gasteiger partial charge in [0.25, 0.3) is 0 Å². The van der Waals surface area contributed by atoms with E-state index in [0.717, 1.165) is 24.8 Å². The number of aryl methyl sites for hydroxylation is 1. The Morgan fingerprint density at radius 3 is 2.43 bits per heavy atom. The van der Waals surface area contributed by atoms with Crippen molar-refractivity contribution in [1.82, 2.24) is 10.0 Å². The van der Waals surface area contributed by atoms with Crippen molar-refractivity contribution in [2.24, 2.45) is 0 Å². The molecule has 6 heteroatoms. The molecule has 1 aromatic rings. The highest BCUT2D eigenvalue weighted by Gasteiger charge is 2.17. The molecule has 128 valence electrons. The molecule has 1 aliphatic rings. The first-order chi connectivity index (χ1) is 11.0. The molecule has 0 heterocycles. The second-order valence-corrected chi connectivity index (χ2v) is 7.86. The van der Waals surface area contributed by atoms with Crippen LogP contribution in [0.1, 0.15) is 51.0 Å². The number of amides is 1. The second kappa shape index (κ2) is 8.45. The van der Waals surface area contributed by atoms with Crippen LogP contribution < -0.4 is 10.0 Å². The third-order valence-corrected chi connectivity index (χ3v) is 5.61. The first-order valence-electron chi connectivity index (χ1n) is 8.39. The van der Waals surface area contributed by atoms with E-state index in [0.29, 0.717) is 25.4 Å². The van der Waals surface area contributed by atoms with Gasteiger partial charge in [-0.05, 0) is 43.4 Å². The maximum Gasteiger partial charge on any atom is 0.240 e. The van der Waals surface area contributed by atoms with Gasteiger partial charge in [0.1, 0.15) is 0 Å². The molecular formula is C17H26N2O3S. The highest BCUT2D eigenvalue weighted by molar-refractivity contribution is 7.89. The zero-order valence-corrected chi connectivity index (χ0v) is 14.5. The van der Waals surface area contributed by atoms with E-state index in [-0.39, 0.29) is 10.8 Å². The van der Waals surface area contributed by atoms with Crippen LogP contribution in [-0.4, -0.2) is 26.9 Å². The Hall–Kier alpha value is -1.40. The summed E-state index contributed by atoms with van der Waals surface area (Å²) in [6, 6.07) is 7.11. The van der Waals surface area contributed by atoms with Crippen LogP contribution in [0.4, 0.5) is 0 Å². The number of nitrogens with one attached hydrogen (secondary N) is 2. The summed E-state index contributed by atoms with van der Waals surface area (Å²) >= 11 is 0. The maximum absolute atomic E-state index is 12.0. The summed E-state index contributed by atoms with van der Waals surface area (Å²) in [5.41, 5.74) is 0.973. The molecular weight excluding hydrogens is 312 g/mol. The summed E-state index contributed by atoms with van der Waals surface area (Å²) < 4.78 is 26.5. The molecule has 5 nitrogen and oxygen atoms in total. The van der Waals surface area contributed by atoms with Crippen LogP contribution in [0.5, 0.6) is 0 Å². The van der Waals surface area contributed by atoms with Crippen LogP contribution >= 0.6 is 0 Å². The highest BCUT2D eigenvalue weighted by atomic mass is 32.2. The maximum atomic E-state index is 12.0. The summed E-state index contributed by atoms with van der Waals surface area (Å²) in [5.74, 6) is 0.0817. The Morgan fingerprint density at radius 2 is 1.83 bits per heavy atom. The van der Waals surface area contributed by atoms with Crippen LogP contribution in [0.3, 0.4) is 0 Å². The molecule has 0 atom stereocenters. The quantitative estimate of drug-likeness (QED) is 0.764. The Bertz CT molecular complexity index is 605. The molecule has 0 aliphatic heterocycles. The summed E-state index contributed by atoms with van der Waals surface area (Å²) in [6.45, 7) is 2.35. The molecule has 0 bridgehead atoms. The Balaban J connectivity index is 1.83. The zero-order chi connectivity index (χ0) is 16.7. The number of benzene rings is 1. The van der Waals surface area contributed by atoms with Gasteiger partial charge in [-0.25, -0.2) is 13.1 Å². The molecule has 1 aromatic carbocycles. The zero-order valence-electron chi connectivity index (χ0n) is 13.7. The minimum absolute atomic E-state index is 0.0817. The van der Waals surface area contributed by atoms with E-state index in [9.17, 15) is 13.2 Å². The molecule has 0 unspecified atom stereocenters. The molecule has 0 saturated heterocycles. The van der Waals surface area contributed by atoms with Crippen LogP contribution in [0.15, 0.2) is 29.2 Å². The molecule has 0 aromatic heterocycles. The average Bonchev–Trinajstić information content (AvgIpc) is 3.04. The van der Waals surface area contributed by atoms with E-state index in [1.807, 2.05) is 6.92 Å². The Labute approximate surface area is 138 Å². The third kappa shape index (κ3) is 5.62. The first-order valence-corrected chi connectivity index (χ1v) is 9.87. The van der Waals surface area contributed by atoms with Gasteiger partial charge in [-0.3, -0.25) is 4.79 Å². The van der Waals surface area contributed by atoms with E-state index >= 15 is 0 Å². The van der Waals surface area contributed by atoms with E-state index in [2.05, 4.69) is 10.0 Å². The number of sulfonamides is 1. The van der Waals surface area contributed by atoms with Crippen molar-refractivity contribution in [2.75, 3.05) is 6.54 Å². The molecule has 0 spiro atoms. The van der Waals surface area contributed by atoms with Crippen LogP contribution in [0.25, 0.3) is 0 Å². The standard InChI is InChI=1S/C17H26N2O3S/c1-2-13-18-23(21,22)16-10-7-14(8-11-16)9-12-17(20)19-15-5-3-4-6-15/h7-8,10-11,15,18H,2-6,9,12-13H2,1H3,(H,19,20). The summed E-state index contributed by atoms with van der Waals surface area (Å²) in [5, 5.41) is 3.06. The Kier molecular flexibility index (Phi) is 6.59. The van der Waals surface area contributed by atoms with E-state index in [1.165, 1.54) is 12.8 Å². The topological polar surface area (TPSA) is 75.3 Å². The van der Waals surface area contributed by atoms with Gasteiger partial charge in [-0.15, -0.1) is 0 Å². The van der Waals surface area contributed by atoms with Crippen molar-refractivity contribution >= 4 is 15.9 Å². The van der Waals surface area contributed by atoms with E-state index in [4.69, 9.17) is 0 Å². The number of hydrogen-bond acceptors (Lipinski definition) is 3. The lowest BCUT2D eigenvalue weighted by Crippen LogP contribution is -2.32. The van der Waals surface area contributed by atoms with Crippen molar-refractivity contribution in [3.05, 3.63) is 29.8 Å².